The van der Waals surface area contributed by atoms with Crippen LogP contribution in [-0.2, 0) is 10.8 Å². The lowest BCUT2D eigenvalue weighted by atomic mass is 10.1. The fourth-order valence-corrected chi connectivity index (χ4v) is 3.44. The average molecular weight is 319 g/mol. The molecule has 0 spiro atoms. The van der Waals surface area contributed by atoms with Crippen molar-refractivity contribution in [2.45, 2.75) is 64.3 Å². The smallest absolute Gasteiger partial charge is 0.192 e. The molecule has 0 radical (unpaired) electrons. The van der Waals surface area contributed by atoms with E-state index in [1.54, 1.807) is 7.11 Å². The van der Waals surface area contributed by atoms with Gasteiger partial charge in [0.2, 0.25) is 0 Å². The van der Waals surface area contributed by atoms with Crippen LogP contribution >= 0.6 is 0 Å². The molecule has 0 fully saturated rings. The third kappa shape index (κ3) is 5.51. The number of hydrogen-bond donors (Lipinski definition) is 0. The van der Waals surface area contributed by atoms with Crippen LogP contribution in [0.5, 0.6) is 5.75 Å². The van der Waals surface area contributed by atoms with E-state index in [-0.39, 0.29) is 11.1 Å². The maximum atomic E-state index is 6.48. The third-order valence-electron chi connectivity index (χ3n) is 4.53. The Kier molecular flexibility index (Phi) is 6.71. The Labute approximate surface area is 137 Å². The molecule has 0 unspecified atom stereocenters. The molecule has 0 aliphatic heterocycles. The summed E-state index contributed by atoms with van der Waals surface area (Å²) in [6.07, 6.45) is 8.30. The van der Waals surface area contributed by atoms with Crippen LogP contribution in [0.4, 0.5) is 0 Å². The summed E-state index contributed by atoms with van der Waals surface area (Å²) in [7, 11) is -0.0882. The SMILES string of the molecule is C#CC[C@H](CCc1ccc(OC)cc1)O[Si](C)(C)C(C)(C)C. The lowest BCUT2D eigenvalue weighted by Crippen LogP contribution is -2.44. The fraction of sp³-hybridized carbons (Fsp3) is 0.579. The minimum absolute atomic E-state index is 0.146. The molecule has 0 aromatic heterocycles. The predicted molar refractivity (Wildman–Crippen MR) is 96.8 cm³/mol. The molecule has 0 amide bonds. The van der Waals surface area contributed by atoms with Gasteiger partial charge in [-0.3, -0.25) is 0 Å². The van der Waals surface area contributed by atoms with Crippen LogP contribution in [0, 0.1) is 12.3 Å². The van der Waals surface area contributed by atoms with Gasteiger partial charge >= 0.3 is 0 Å². The molecule has 0 N–H and O–H groups in total. The maximum absolute atomic E-state index is 6.48. The van der Waals surface area contributed by atoms with E-state index in [0.29, 0.717) is 6.42 Å². The molecule has 0 saturated heterocycles. The number of rotatable bonds is 7. The summed E-state index contributed by atoms with van der Waals surface area (Å²) in [5, 5.41) is 0.208. The zero-order chi connectivity index (χ0) is 16.8. The van der Waals surface area contributed by atoms with E-state index < -0.39 is 8.32 Å². The Balaban J connectivity index is 2.66. The van der Waals surface area contributed by atoms with E-state index in [2.05, 4.69) is 51.9 Å². The Morgan fingerprint density at radius 1 is 1.18 bits per heavy atom. The molecular weight excluding hydrogens is 288 g/mol. The van der Waals surface area contributed by atoms with Gasteiger partial charge in [-0.1, -0.05) is 32.9 Å². The standard InChI is InChI=1S/C19H30O2Si/c1-8-9-18(21-22(6,7)19(2,3)4)15-12-16-10-13-17(20-5)14-11-16/h1,10-11,13-14,18H,9,12,15H2,2-7H3/t18-/m1/s1. The minimum Gasteiger partial charge on any atom is -0.497 e. The molecular formula is C19H30O2Si. The number of aryl methyl sites for hydroxylation is 1. The van der Waals surface area contributed by atoms with Crippen molar-refractivity contribution in [1.29, 1.82) is 0 Å². The van der Waals surface area contributed by atoms with Crippen molar-refractivity contribution in [2.24, 2.45) is 0 Å². The molecule has 1 rings (SSSR count). The van der Waals surface area contributed by atoms with Crippen molar-refractivity contribution >= 4 is 8.32 Å². The number of terminal acetylenes is 1. The molecule has 1 atom stereocenters. The lowest BCUT2D eigenvalue weighted by Gasteiger charge is -2.39. The van der Waals surface area contributed by atoms with Gasteiger partial charge in [0.1, 0.15) is 5.75 Å². The number of hydrogen-bond acceptors (Lipinski definition) is 2. The van der Waals surface area contributed by atoms with Crippen LogP contribution in [0.3, 0.4) is 0 Å². The van der Waals surface area contributed by atoms with Gasteiger partial charge in [-0.15, -0.1) is 12.3 Å². The Morgan fingerprint density at radius 3 is 2.23 bits per heavy atom. The van der Waals surface area contributed by atoms with E-state index in [9.17, 15) is 0 Å². The van der Waals surface area contributed by atoms with Crippen LogP contribution in [0.25, 0.3) is 0 Å². The monoisotopic (exact) mass is 318 g/mol. The van der Waals surface area contributed by atoms with Crippen molar-refractivity contribution in [3.8, 4) is 18.1 Å². The molecule has 122 valence electrons. The second-order valence-corrected chi connectivity index (χ2v) is 12.1. The first-order valence-corrected chi connectivity index (χ1v) is 10.8. The highest BCUT2D eigenvalue weighted by Gasteiger charge is 2.38. The molecule has 0 saturated carbocycles. The Hall–Kier alpha value is -1.24. The zero-order valence-electron chi connectivity index (χ0n) is 14.9. The first-order valence-electron chi connectivity index (χ1n) is 7.94. The van der Waals surface area contributed by atoms with Gasteiger partial charge in [-0.05, 0) is 48.7 Å². The van der Waals surface area contributed by atoms with Crippen LogP contribution in [-0.4, -0.2) is 21.5 Å². The average Bonchev–Trinajstić information content (AvgIpc) is 2.44. The highest BCUT2D eigenvalue weighted by atomic mass is 28.4. The molecule has 1 aromatic carbocycles. The van der Waals surface area contributed by atoms with Gasteiger partial charge < -0.3 is 9.16 Å². The van der Waals surface area contributed by atoms with Crippen LogP contribution < -0.4 is 4.74 Å². The number of benzene rings is 1. The van der Waals surface area contributed by atoms with Crippen molar-refractivity contribution in [2.75, 3.05) is 7.11 Å². The molecule has 0 bridgehead atoms. The normalized spacial score (nSPS) is 13.5. The van der Waals surface area contributed by atoms with Crippen molar-refractivity contribution in [3.63, 3.8) is 0 Å². The molecule has 0 aliphatic rings. The Morgan fingerprint density at radius 2 is 1.77 bits per heavy atom. The summed E-state index contributed by atoms with van der Waals surface area (Å²) >= 11 is 0. The van der Waals surface area contributed by atoms with E-state index in [4.69, 9.17) is 15.6 Å². The van der Waals surface area contributed by atoms with E-state index in [1.165, 1.54) is 5.56 Å². The molecule has 2 nitrogen and oxygen atoms in total. The lowest BCUT2D eigenvalue weighted by molar-refractivity contribution is 0.176. The summed E-state index contributed by atoms with van der Waals surface area (Å²) in [5.41, 5.74) is 1.29. The van der Waals surface area contributed by atoms with Crippen LogP contribution in [0.2, 0.25) is 18.1 Å². The topological polar surface area (TPSA) is 18.5 Å². The largest absolute Gasteiger partial charge is 0.497 e. The van der Waals surface area contributed by atoms with Gasteiger partial charge in [-0.2, -0.15) is 0 Å². The molecule has 1 aromatic rings. The summed E-state index contributed by atoms with van der Waals surface area (Å²) in [5.74, 6) is 3.66. The molecule has 0 heterocycles. The quantitative estimate of drug-likeness (QED) is 0.518. The maximum Gasteiger partial charge on any atom is 0.192 e. The first kappa shape index (κ1) is 18.8. The van der Waals surface area contributed by atoms with Gasteiger partial charge in [0.15, 0.2) is 8.32 Å². The van der Waals surface area contributed by atoms with Crippen LogP contribution in [0.15, 0.2) is 24.3 Å². The second kappa shape index (κ2) is 7.85. The van der Waals surface area contributed by atoms with Gasteiger partial charge in [-0.25, -0.2) is 0 Å². The predicted octanol–water partition coefficient (Wildman–Crippen LogP) is 5.04. The third-order valence-corrected chi connectivity index (χ3v) is 9.06. The fourth-order valence-electron chi connectivity index (χ4n) is 2.05. The van der Waals surface area contributed by atoms with Gasteiger partial charge in [0, 0.05) is 6.42 Å². The molecule has 0 aliphatic carbocycles. The molecule has 22 heavy (non-hydrogen) atoms. The minimum atomic E-state index is -1.77. The summed E-state index contributed by atoms with van der Waals surface area (Å²) in [6.45, 7) is 11.3. The van der Waals surface area contributed by atoms with Crippen LogP contribution in [0.1, 0.15) is 39.2 Å². The van der Waals surface area contributed by atoms with E-state index in [1.807, 2.05) is 12.1 Å². The second-order valence-electron chi connectivity index (χ2n) is 7.30. The highest BCUT2D eigenvalue weighted by Crippen LogP contribution is 2.38. The number of methoxy groups -OCH3 is 1. The summed E-state index contributed by atoms with van der Waals surface area (Å²) < 4.78 is 11.7. The van der Waals surface area contributed by atoms with Crippen molar-refractivity contribution < 1.29 is 9.16 Å². The summed E-state index contributed by atoms with van der Waals surface area (Å²) in [4.78, 5) is 0. The van der Waals surface area contributed by atoms with E-state index >= 15 is 0 Å². The van der Waals surface area contributed by atoms with Gasteiger partial charge in [0.25, 0.3) is 0 Å². The first-order chi connectivity index (χ1) is 10.2. The number of ether oxygens (including phenoxy) is 1. The Bertz CT molecular complexity index is 492. The van der Waals surface area contributed by atoms with E-state index in [0.717, 1.165) is 18.6 Å². The van der Waals surface area contributed by atoms with Crippen molar-refractivity contribution in [3.05, 3.63) is 29.8 Å². The van der Waals surface area contributed by atoms with Crippen molar-refractivity contribution in [1.82, 2.24) is 0 Å². The molecule has 3 heteroatoms. The zero-order valence-corrected chi connectivity index (χ0v) is 15.9. The summed E-state index contributed by atoms with van der Waals surface area (Å²) in [6, 6.07) is 8.22. The van der Waals surface area contributed by atoms with Gasteiger partial charge in [0.05, 0.1) is 13.2 Å². The highest BCUT2D eigenvalue weighted by molar-refractivity contribution is 6.74.